The van der Waals surface area contributed by atoms with Crippen molar-refractivity contribution in [2.24, 2.45) is 5.92 Å². The minimum Gasteiger partial charge on any atom is -0.380 e. The van der Waals surface area contributed by atoms with E-state index in [1.54, 1.807) is 0 Å². The van der Waals surface area contributed by atoms with Gasteiger partial charge in [-0.2, -0.15) is 0 Å². The van der Waals surface area contributed by atoms with E-state index >= 15 is 0 Å². The van der Waals surface area contributed by atoms with Gasteiger partial charge in [0.25, 0.3) is 0 Å². The lowest BCUT2D eigenvalue weighted by Gasteiger charge is -2.41. The molecule has 2 heterocycles. The molecule has 0 saturated carbocycles. The number of rotatable bonds is 4. The minimum atomic E-state index is 0.660. The first kappa shape index (κ1) is 13.3. The Morgan fingerprint density at radius 1 is 1.35 bits per heavy atom. The van der Waals surface area contributed by atoms with Crippen molar-refractivity contribution in [3.63, 3.8) is 0 Å². The minimum absolute atomic E-state index is 0.660. The number of ether oxygens (including phenoxy) is 1. The lowest BCUT2D eigenvalue weighted by molar-refractivity contribution is -0.00137. The molecule has 3 atom stereocenters. The van der Waals surface area contributed by atoms with Crippen molar-refractivity contribution in [2.75, 3.05) is 32.8 Å². The zero-order valence-corrected chi connectivity index (χ0v) is 11.5. The van der Waals surface area contributed by atoms with E-state index < -0.39 is 0 Å². The van der Waals surface area contributed by atoms with Gasteiger partial charge in [0.1, 0.15) is 0 Å². The number of hydrogen-bond donors (Lipinski definition) is 1. The Hall–Kier alpha value is -0.120. The summed E-state index contributed by atoms with van der Waals surface area (Å²) in [5.74, 6) is 0.825. The van der Waals surface area contributed by atoms with Crippen molar-refractivity contribution in [1.82, 2.24) is 10.2 Å². The predicted molar refractivity (Wildman–Crippen MR) is 71.3 cm³/mol. The summed E-state index contributed by atoms with van der Waals surface area (Å²) in [6.45, 7) is 10.1. The third-order valence-corrected chi connectivity index (χ3v) is 4.38. The van der Waals surface area contributed by atoms with Crippen LogP contribution in [0.1, 0.15) is 39.5 Å². The molecule has 0 aromatic carbocycles. The number of piperidine rings is 1. The first-order valence-corrected chi connectivity index (χ1v) is 7.36. The van der Waals surface area contributed by atoms with E-state index in [4.69, 9.17) is 4.74 Å². The molecule has 2 saturated heterocycles. The van der Waals surface area contributed by atoms with Gasteiger partial charge >= 0.3 is 0 Å². The molecule has 2 aliphatic heterocycles. The molecule has 0 aromatic rings. The average Bonchev–Trinajstić information content (AvgIpc) is 2.40. The molecule has 1 N–H and O–H groups in total. The van der Waals surface area contributed by atoms with Crippen LogP contribution in [0.5, 0.6) is 0 Å². The van der Waals surface area contributed by atoms with Crippen LogP contribution < -0.4 is 5.32 Å². The van der Waals surface area contributed by atoms with Crippen LogP contribution in [0.3, 0.4) is 0 Å². The molecule has 0 aromatic heterocycles. The zero-order valence-electron chi connectivity index (χ0n) is 11.5. The second kappa shape index (κ2) is 6.72. The summed E-state index contributed by atoms with van der Waals surface area (Å²) in [6.07, 6.45) is 5.33. The quantitative estimate of drug-likeness (QED) is 0.812. The lowest BCUT2D eigenvalue weighted by atomic mass is 9.90. The average molecular weight is 240 g/mol. The second-order valence-corrected chi connectivity index (χ2v) is 5.61. The van der Waals surface area contributed by atoms with E-state index in [-0.39, 0.29) is 0 Å². The summed E-state index contributed by atoms with van der Waals surface area (Å²) in [6, 6.07) is 1.35. The van der Waals surface area contributed by atoms with E-state index in [0.29, 0.717) is 12.1 Å². The Morgan fingerprint density at radius 3 is 2.94 bits per heavy atom. The van der Waals surface area contributed by atoms with Crippen molar-refractivity contribution in [3.8, 4) is 0 Å². The Morgan fingerprint density at radius 2 is 2.24 bits per heavy atom. The highest BCUT2D eigenvalue weighted by Gasteiger charge is 2.29. The van der Waals surface area contributed by atoms with Crippen LogP contribution in [0.4, 0.5) is 0 Å². The van der Waals surface area contributed by atoms with Gasteiger partial charge in [0.05, 0.1) is 6.61 Å². The van der Waals surface area contributed by atoms with Crippen LogP contribution in [-0.2, 0) is 4.74 Å². The SMILES string of the molecule is CCNC(C)C1CCCN(C2CCCOC2)C1. The highest BCUT2D eigenvalue weighted by Crippen LogP contribution is 2.24. The maximum atomic E-state index is 5.62. The van der Waals surface area contributed by atoms with E-state index in [1.807, 2.05) is 0 Å². The molecular formula is C14H28N2O. The van der Waals surface area contributed by atoms with E-state index in [9.17, 15) is 0 Å². The van der Waals surface area contributed by atoms with Gasteiger partial charge in [-0.15, -0.1) is 0 Å². The monoisotopic (exact) mass is 240 g/mol. The third-order valence-electron chi connectivity index (χ3n) is 4.38. The summed E-state index contributed by atoms with van der Waals surface area (Å²) < 4.78 is 5.62. The van der Waals surface area contributed by atoms with Gasteiger partial charge in [-0.1, -0.05) is 6.92 Å². The molecule has 3 nitrogen and oxygen atoms in total. The molecule has 3 unspecified atom stereocenters. The normalized spacial score (nSPS) is 33.5. The van der Waals surface area contributed by atoms with Gasteiger partial charge < -0.3 is 10.1 Å². The highest BCUT2D eigenvalue weighted by atomic mass is 16.5. The third kappa shape index (κ3) is 3.67. The maximum Gasteiger partial charge on any atom is 0.0621 e. The van der Waals surface area contributed by atoms with Crippen LogP contribution in [0.2, 0.25) is 0 Å². The van der Waals surface area contributed by atoms with E-state index in [2.05, 4.69) is 24.1 Å². The number of hydrogen-bond acceptors (Lipinski definition) is 3. The summed E-state index contributed by atoms with van der Waals surface area (Å²) in [7, 11) is 0. The van der Waals surface area contributed by atoms with Gasteiger partial charge in [0, 0.05) is 25.2 Å². The van der Waals surface area contributed by atoms with Crippen LogP contribution in [-0.4, -0.2) is 49.8 Å². The van der Waals surface area contributed by atoms with E-state index in [1.165, 1.54) is 38.8 Å². The molecule has 2 rings (SSSR count). The van der Waals surface area contributed by atoms with Crippen molar-refractivity contribution >= 4 is 0 Å². The number of likely N-dealkylation sites (tertiary alicyclic amines) is 1. The Bertz CT molecular complexity index is 216. The molecule has 0 amide bonds. The van der Waals surface area contributed by atoms with E-state index in [0.717, 1.165) is 25.7 Å². The summed E-state index contributed by atoms with van der Waals surface area (Å²) >= 11 is 0. The van der Waals surface area contributed by atoms with Crippen molar-refractivity contribution in [1.29, 1.82) is 0 Å². The fraction of sp³-hybridized carbons (Fsp3) is 1.00. The molecule has 0 bridgehead atoms. The summed E-state index contributed by atoms with van der Waals surface area (Å²) in [5.41, 5.74) is 0. The molecule has 0 spiro atoms. The topological polar surface area (TPSA) is 24.5 Å². The number of nitrogens with zero attached hydrogens (tertiary/aromatic N) is 1. The largest absolute Gasteiger partial charge is 0.380 e. The summed E-state index contributed by atoms with van der Waals surface area (Å²) in [5, 5.41) is 3.58. The second-order valence-electron chi connectivity index (χ2n) is 5.61. The lowest BCUT2D eigenvalue weighted by Crippen LogP contribution is -2.50. The van der Waals surface area contributed by atoms with Crippen LogP contribution >= 0.6 is 0 Å². The van der Waals surface area contributed by atoms with Crippen molar-refractivity contribution in [2.45, 2.75) is 51.6 Å². The maximum absolute atomic E-state index is 5.62. The van der Waals surface area contributed by atoms with Crippen molar-refractivity contribution < 1.29 is 4.74 Å². The van der Waals surface area contributed by atoms with Crippen LogP contribution in [0.25, 0.3) is 0 Å². The first-order valence-electron chi connectivity index (χ1n) is 7.36. The molecule has 17 heavy (non-hydrogen) atoms. The molecule has 100 valence electrons. The summed E-state index contributed by atoms with van der Waals surface area (Å²) in [4.78, 5) is 2.68. The smallest absolute Gasteiger partial charge is 0.0621 e. The number of nitrogens with one attached hydrogen (secondary N) is 1. The van der Waals surface area contributed by atoms with Crippen LogP contribution in [0.15, 0.2) is 0 Å². The van der Waals surface area contributed by atoms with Gasteiger partial charge in [-0.25, -0.2) is 0 Å². The molecule has 0 radical (unpaired) electrons. The van der Waals surface area contributed by atoms with Gasteiger partial charge in [-0.3, -0.25) is 4.90 Å². The van der Waals surface area contributed by atoms with Gasteiger partial charge in [0.2, 0.25) is 0 Å². The Balaban J connectivity index is 1.83. The van der Waals surface area contributed by atoms with Crippen LogP contribution in [0, 0.1) is 5.92 Å². The predicted octanol–water partition coefficient (Wildman–Crippen LogP) is 1.88. The molecule has 0 aliphatic carbocycles. The Labute approximate surface area is 106 Å². The molecular weight excluding hydrogens is 212 g/mol. The zero-order chi connectivity index (χ0) is 12.1. The fourth-order valence-electron chi connectivity index (χ4n) is 3.28. The molecule has 3 heteroatoms. The first-order chi connectivity index (χ1) is 8.31. The van der Waals surface area contributed by atoms with Crippen molar-refractivity contribution in [3.05, 3.63) is 0 Å². The van der Waals surface area contributed by atoms with Gasteiger partial charge in [-0.05, 0) is 51.6 Å². The standard InChI is InChI=1S/C14H28N2O/c1-3-15-12(2)13-6-4-8-16(10-13)14-7-5-9-17-11-14/h12-15H,3-11H2,1-2H3. The van der Waals surface area contributed by atoms with Gasteiger partial charge in [0.15, 0.2) is 0 Å². The highest BCUT2D eigenvalue weighted by molar-refractivity contribution is 4.84. The molecule has 2 fully saturated rings. The fourth-order valence-corrected chi connectivity index (χ4v) is 3.28. The molecule has 2 aliphatic rings. The Kier molecular flexibility index (Phi) is 5.26.